The van der Waals surface area contributed by atoms with Crippen LogP contribution in [0, 0.1) is 0 Å². The molecule has 0 unspecified atom stereocenters. The Morgan fingerprint density at radius 2 is 1.79 bits per heavy atom. The number of carbonyl (C=O) groups excluding carboxylic acids is 2. The molecule has 0 saturated carbocycles. The highest BCUT2D eigenvalue weighted by atomic mass is 16.5. The smallest absolute Gasteiger partial charge is 0.198 e. The molecule has 1 N–H and O–H groups in total. The first-order valence-electron chi connectivity index (χ1n) is 4.97. The van der Waals surface area contributed by atoms with Gasteiger partial charge in [0.2, 0.25) is 0 Å². The number of ether oxygens (including phenoxy) is 1. The van der Waals surface area contributed by atoms with E-state index in [1.54, 1.807) is 6.92 Å². The van der Waals surface area contributed by atoms with Crippen LogP contribution >= 0.6 is 0 Å². The minimum absolute atomic E-state index is 0.118. The number of aliphatic hydroxyl groups excluding tert-OH is 1. The Morgan fingerprint density at radius 3 is 2.36 bits per heavy atom. The molecule has 4 heteroatoms. The normalized spacial score (nSPS) is 10.1. The zero-order chi connectivity index (χ0) is 10.8. The molecule has 0 aliphatic rings. The molecule has 0 aromatic heterocycles. The van der Waals surface area contributed by atoms with Crippen LogP contribution in [0.5, 0.6) is 0 Å². The minimum atomic E-state index is -0.307. The number of ketones is 2. The lowest BCUT2D eigenvalue weighted by molar-refractivity contribution is -0.136. The van der Waals surface area contributed by atoms with Gasteiger partial charge in [-0.15, -0.1) is 0 Å². The predicted molar refractivity (Wildman–Crippen MR) is 52.1 cm³/mol. The van der Waals surface area contributed by atoms with Crippen LogP contribution in [0.3, 0.4) is 0 Å². The van der Waals surface area contributed by atoms with Crippen LogP contribution in [0.15, 0.2) is 0 Å². The van der Waals surface area contributed by atoms with E-state index >= 15 is 0 Å². The number of hydrogen-bond donors (Lipinski definition) is 1. The van der Waals surface area contributed by atoms with E-state index in [-0.39, 0.29) is 31.0 Å². The topological polar surface area (TPSA) is 63.6 Å². The predicted octanol–water partition coefficient (Wildman–Crippen LogP) is 0.714. The molecule has 0 rings (SSSR count). The number of Topliss-reactive ketones (excluding diaryl/α,β-unsaturated/α-hetero) is 2. The van der Waals surface area contributed by atoms with E-state index in [1.807, 2.05) is 0 Å². The number of carbonyl (C=O) groups is 2. The third kappa shape index (κ3) is 6.74. The second-order valence-corrected chi connectivity index (χ2v) is 2.99. The van der Waals surface area contributed by atoms with Gasteiger partial charge in [-0.25, -0.2) is 0 Å². The summed E-state index contributed by atoms with van der Waals surface area (Å²) in [6.45, 7) is 2.78. The molecule has 0 aliphatic heterocycles. The summed E-state index contributed by atoms with van der Waals surface area (Å²) >= 11 is 0. The zero-order valence-electron chi connectivity index (χ0n) is 8.62. The Bertz CT molecular complexity index is 177. The van der Waals surface area contributed by atoms with E-state index in [0.29, 0.717) is 26.1 Å². The fraction of sp³-hybridized carbons (Fsp3) is 0.800. The summed E-state index contributed by atoms with van der Waals surface area (Å²) < 4.78 is 5.11. The molecule has 0 bridgehead atoms. The van der Waals surface area contributed by atoms with E-state index in [9.17, 15) is 9.59 Å². The van der Waals surface area contributed by atoms with E-state index in [2.05, 4.69) is 0 Å². The molecular formula is C10H18O4. The fourth-order valence-electron chi connectivity index (χ4n) is 0.940. The molecule has 14 heavy (non-hydrogen) atoms. The molecule has 0 aromatic carbocycles. The zero-order valence-corrected chi connectivity index (χ0v) is 8.62. The molecule has 0 aromatic rings. The van der Waals surface area contributed by atoms with Crippen molar-refractivity contribution in [1.29, 1.82) is 0 Å². The summed E-state index contributed by atoms with van der Waals surface area (Å²) in [5.74, 6) is -0.612. The molecule has 0 fully saturated rings. The van der Waals surface area contributed by atoms with Gasteiger partial charge in [-0.1, -0.05) is 6.92 Å². The van der Waals surface area contributed by atoms with E-state index in [0.717, 1.165) is 0 Å². The summed E-state index contributed by atoms with van der Waals surface area (Å²) in [6, 6.07) is 0. The lowest BCUT2D eigenvalue weighted by Crippen LogP contribution is -2.13. The van der Waals surface area contributed by atoms with Gasteiger partial charge >= 0.3 is 0 Å². The summed E-state index contributed by atoms with van der Waals surface area (Å²) in [5, 5.41) is 8.44. The number of hydrogen-bond acceptors (Lipinski definition) is 4. The van der Waals surface area contributed by atoms with Crippen LogP contribution in [0.4, 0.5) is 0 Å². The molecule has 0 aliphatic carbocycles. The highest BCUT2D eigenvalue weighted by Crippen LogP contribution is 1.96. The van der Waals surface area contributed by atoms with Crippen molar-refractivity contribution in [2.24, 2.45) is 0 Å². The van der Waals surface area contributed by atoms with E-state index in [4.69, 9.17) is 9.84 Å². The molecule has 0 amide bonds. The maximum absolute atomic E-state index is 11.0. The van der Waals surface area contributed by atoms with E-state index < -0.39 is 0 Å². The van der Waals surface area contributed by atoms with Crippen LogP contribution in [-0.2, 0) is 14.3 Å². The Hall–Kier alpha value is -0.740. The minimum Gasteiger partial charge on any atom is -0.396 e. The number of rotatable bonds is 9. The van der Waals surface area contributed by atoms with Crippen molar-refractivity contribution in [3.8, 4) is 0 Å². The van der Waals surface area contributed by atoms with Gasteiger partial charge in [-0.05, 0) is 12.8 Å². The van der Waals surface area contributed by atoms with Crippen molar-refractivity contribution in [1.82, 2.24) is 0 Å². The van der Waals surface area contributed by atoms with Crippen LogP contribution in [0.1, 0.15) is 32.6 Å². The molecule has 0 atom stereocenters. The van der Waals surface area contributed by atoms with Crippen LogP contribution in [-0.4, -0.2) is 36.5 Å². The fourth-order valence-corrected chi connectivity index (χ4v) is 0.940. The van der Waals surface area contributed by atoms with Crippen LogP contribution in [0.25, 0.3) is 0 Å². The second-order valence-electron chi connectivity index (χ2n) is 2.99. The van der Waals surface area contributed by atoms with Crippen molar-refractivity contribution >= 4 is 11.6 Å². The maximum Gasteiger partial charge on any atom is 0.198 e. The lowest BCUT2D eigenvalue weighted by atomic mass is 10.1. The van der Waals surface area contributed by atoms with Gasteiger partial charge in [0.05, 0.1) is 0 Å². The monoisotopic (exact) mass is 202 g/mol. The Labute approximate surface area is 84.3 Å². The summed E-state index contributed by atoms with van der Waals surface area (Å²) in [6.07, 6.45) is 1.74. The average Bonchev–Trinajstić information content (AvgIpc) is 2.21. The average molecular weight is 202 g/mol. The van der Waals surface area contributed by atoms with Gasteiger partial charge in [-0.3, -0.25) is 9.59 Å². The standard InChI is InChI=1S/C10H18O4/c1-2-9(12)10(13)5-3-7-14-8-4-6-11/h11H,2-8H2,1H3. The molecular weight excluding hydrogens is 184 g/mol. The van der Waals surface area contributed by atoms with Gasteiger partial charge < -0.3 is 9.84 Å². The van der Waals surface area contributed by atoms with Gasteiger partial charge in [-0.2, -0.15) is 0 Å². The largest absolute Gasteiger partial charge is 0.396 e. The van der Waals surface area contributed by atoms with Gasteiger partial charge in [0.1, 0.15) is 0 Å². The molecule has 4 nitrogen and oxygen atoms in total. The Kier molecular flexibility index (Phi) is 8.37. The van der Waals surface area contributed by atoms with Gasteiger partial charge in [0.25, 0.3) is 0 Å². The molecule has 0 radical (unpaired) electrons. The quantitative estimate of drug-likeness (QED) is 0.442. The Balaban J connectivity index is 3.27. The molecule has 0 saturated heterocycles. The van der Waals surface area contributed by atoms with Crippen molar-refractivity contribution in [3.63, 3.8) is 0 Å². The maximum atomic E-state index is 11.0. The number of aliphatic hydroxyl groups is 1. The van der Waals surface area contributed by atoms with Gasteiger partial charge in [0.15, 0.2) is 11.6 Å². The van der Waals surface area contributed by atoms with Crippen molar-refractivity contribution < 1.29 is 19.4 Å². The highest BCUT2D eigenvalue weighted by molar-refractivity contribution is 6.37. The van der Waals surface area contributed by atoms with Crippen molar-refractivity contribution in [2.75, 3.05) is 19.8 Å². The van der Waals surface area contributed by atoms with Crippen LogP contribution in [0.2, 0.25) is 0 Å². The first-order chi connectivity index (χ1) is 6.72. The first kappa shape index (κ1) is 13.3. The second kappa shape index (κ2) is 8.84. The highest BCUT2D eigenvalue weighted by Gasteiger charge is 2.09. The first-order valence-corrected chi connectivity index (χ1v) is 4.97. The summed E-state index contributed by atoms with van der Waals surface area (Å²) in [5.41, 5.74) is 0. The third-order valence-electron chi connectivity index (χ3n) is 1.77. The van der Waals surface area contributed by atoms with Crippen LogP contribution < -0.4 is 0 Å². The van der Waals surface area contributed by atoms with Crippen molar-refractivity contribution in [2.45, 2.75) is 32.6 Å². The third-order valence-corrected chi connectivity index (χ3v) is 1.77. The SMILES string of the molecule is CCC(=O)C(=O)CCCOCCCO. The van der Waals surface area contributed by atoms with Gasteiger partial charge in [0, 0.05) is 32.7 Å². The van der Waals surface area contributed by atoms with E-state index in [1.165, 1.54) is 0 Å². The van der Waals surface area contributed by atoms with Crippen molar-refractivity contribution in [3.05, 3.63) is 0 Å². The molecule has 0 heterocycles. The summed E-state index contributed by atoms with van der Waals surface area (Å²) in [4.78, 5) is 21.9. The lowest BCUT2D eigenvalue weighted by Gasteiger charge is -2.01. The molecule has 0 spiro atoms. The Morgan fingerprint density at radius 1 is 1.14 bits per heavy atom. The molecule has 82 valence electrons. The summed E-state index contributed by atoms with van der Waals surface area (Å²) in [7, 11) is 0.